The van der Waals surface area contributed by atoms with E-state index in [1.54, 1.807) is 39.8 Å². The molecule has 0 aliphatic carbocycles. The van der Waals surface area contributed by atoms with Gasteiger partial charge in [-0.1, -0.05) is 12.1 Å². The van der Waals surface area contributed by atoms with E-state index >= 15 is 0 Å². The molecule has 2 N–H and O–H groups in total. The molecule has 0 unspecified atom stereocenters. The maximum atomic E-state index is 13.3. The number of nitrogens with zero attached hydrogens (tertiary/aromatic N) is 2. The predicted molar refractivity (Wildman–Crippen MR) is 137 cm³/mol. The van der Waals surface area contributed by atoms with Crippen molar-refractivity contribution in [2.24, 2.45) is 5.73 Å². The smallest absolute Gasteiger partial charge is 0.349 e. The van der Waals surface area contributed by atoms with Gasteiger partial charge in [0.05, 0.1) is 18.8 Å². The Balaban J connectivity index is 1.81. The molecule has 0 aliphatic heterocycles. The van der Waals surface area contributed by atoms with Gasteiger partial charge >= 0.3 is 5.97 Å². The van der Waals surface area contributed by atoms with Crippen LogP contribution in [-0.4, -0.2) is 40.5 Å². The third kappa shape index (κ3) is 7.16. The highest BCUT2D eigenvalue weighted by Crippen LogP contribution is 2.30. The molecule has 3 aromatic rings. The highest BCUT2D eigenvalue weighted by atomic mass is 19.1. The summed E-state index contributed by atoms with van der Waals surface area (Å²) in [6.45, 7) is 11.7. The Morgan fingerprint density at radius 2 is 1.70 bits per heavy atom. The summed E-state index contributed by atoms with van der Waals surface area (Å²) in [6, 6.07) is 9.81. The first kappa shape index (κ1) is 27.9. The monoisotopic (exact) mass is 511 g/mol. The number of carbonyl (C=O) groups is 2. The summed E-state index contributed by atoms with van der Waals surface area (Å²) in [6.07, 6.45) is 0. The van der Waals surface area contributed by atoms with Crippen LogP contribution in [0.4, 0.5) is 4.39 Å². The summed E-state index contributed by atoms with van der Waals surface area (Å²) in [5, 5.41) is 0. The van der Waals surface area contributed by atoms with Crippen molar-refractivity contribution in [3.05, 3.63) is 70.4 Å². The van der Waals surface area contributed by atoms with Gasteiger partial charge in [0.1, 0.15) is 17.3 Å². The van der Waals surface area contributed by atoms with Gasteiger partial charge in [-0.25, -0.2) is 14.2 Å². The molecule has 2 aromatic carbocycles. The number of amides is 1. The fourth-order valence-electron chi connectivity index (χ4n) is 4.04. The lowest BCUT2D eigenvalue weighted by atomic mass is 10.0. The van der Waals surface area contributed by atoms with Gasteiger partial charge in [-0.3, -0.25) is 9.69 Å². The molecule has 0 bridgehead atoms. The first-order chi connectivity index (χ1) is 17.4. The fourth-order valence-corrected chi connectivity index (χ4v) is 4.04. The van der Waals surface area contributed by atoms with E-state index in [-0.39, 0.29) is 19.0 Å². The van der Waals surface area contributed by atoms with E-state index in [9.17, 15) is 14.0 Å². The van der Waals surface area contributed by atoms with Crippen LogP contribution >= 0.6 is 0 Å². The lowest BCUT2D eigenvalue weighted by Gasteiger charge is -2.27. The molecule has 1 heterocycles. The number of hydrogen-bond acceptors (Lipinski definition) is 7. The van der Waals surface area contributed by atoms with E-state index in [0.29, 0.717) is 41.7 Å². The number of ether oxygens (including phenoxy) is 2. The van der Waals surface area contributed by atoms with Crippen molar-refractivity contribution in [1.82, 2.24) is 9.88 Å². The Morgan fingerprint density at radius 3 is 2.27 bits per heavy atom. The van der Waals surface area contributed by atoms with E-state index in [2.05, 4.69) is 4.98 Å². The summed E-state index contributed by atoms with van der Waals surface area (Å²) in [5.74, 6) is 0.346. The molecule has 0 atom stereocenters. The summed E-state index contributed by atoms with van der Waals surface area (Å²) in [5.41, 5.74) is 8.35. The molecule has 0 saturated heterocycles. The van der Waals surface area contributed by atoms with Crippen molar-refractivity contribution >= 4 is 11.9 Å². The Morgan fingerprint density at radius 1 is 1.08 bits per heavy atom. The quantitative estimate of drug-likeness (QED) is 0.375. The number of hydrogen-bond donors (Lipinski definition) is 1. The number of nitrogens with two attached hydrogens (primary N) is 1. The zero-order valence-corrected chi connectivity index (χ0v) is 22.2. The second kappa shape index (κ2) is 11.6. The topological polar surface area (TPSA) is 108 Å². The number of primary amides is 1. The van der Waals surface area contributed by atoms with E-state index in [4.69, 9.17) is 19.6 Å². The molecule has 0 saturated carbocycles. The molecule has 0 radical (unpaired) electrons. The summed E-state index contributed by atoms with van der Waals surface area (Å²) in [4.78, 5) is 30.6. The third-order valence-corrected chi connectivity index (χ3v) is 5.79. The number of esters is 1. The summed E-state index contributed by atoms with van der Waals surface area (Å²) in [7, 11) is 0. The largest absolute Gasteiger partial charge is 0.476 e. The van der Waals surface area contributed by atoms with Crippen LogP contribution < -0.4 is 10.5 Å². The molecule has 1 amide bonds. The van der Waals surface area contributed by atoms with Gasteiger partial charge < -0.3 is 19.6 Å². The summed E-state index contributed by atoms with van der Waals surface area (Å²) >= 11 is 0. The molecule has 1 aromatic heterocycles. The molecular formula is C28H34FN3O5. The van der Waals surface area contributed by atoms with Crippen LogP contribution in [0.15, 0.2) is 40.8 Å². The van der Waals surface area contributed by atoms with Crippen LogP contribution in [0.25, 0.3) is 11.5 Å². The van der Waals surface area contributed by atoms with Crippen molar-refractivity contribution in [3.63, 3.8) is 0 Å². The van der Waals surface area contributed by atoms with Crippen LogP contribution in [0.3, 0.4) is 0 Å². The van der Waals surface area contributed by atoms with Crippen LogP contribution in [0, 0.1) is 26.6 Å². The lowest BCUT2D eigenvalue weighted by Crippen LogP contribution is -2.40. The second-order valence-electron chi connectivity index (χ2n) is 9.53. The number of halogens is 1. The molecule has 9 heteroatoms. The zero-order valence-electron chi connectivity index (χ0n) is 22.2. The van der Waals surface area contributed by atoms with E-state index in [1.165, 1.54) is 12.1 Å². The van der Waals surface area contributed by atoms with Crippen molar-refractivity contribution in [1.29, 1.82) is 0 Å². The van der Waals surface area contributed by atoms with Crippen LogP contribution in [0.5, 0.6) is 5.75 Å². The predicted octanol–water partition coefficient (Wildman–Crippen LogP) is 4.61. The Labute approximate surface area is 216 Å². The fraction of sp³-hybridized carbons (Fsp3) is 0.393. The number of oxazole rings is 1. The van der Waals surface area contributed by atoms with E-state index in [0.717, 1.165) is 16.7 Å². The molecule has 8 nitrogen and oxygen atoms in total. The first-order valence-electron chi connectivity index (χ1n) is 12.1. The molecule has 37 heavy (non-hydrogen) atoms. The molecule has 0 aliphatic rings. The summed E-state index contributed by atoms with van der Waals surface area (Å²) < 4.78 is 30.3. The van der Waals surface area contributed by atoms with E-state index in [1.807, 2.05) is 30.9 Å². The van der Waals surface area contributed by atoms with Crippen LogP contribution in [-0.2, 0) is 27.4 Å². The SMILES string of the molecule is CCOC(=O)C(C)(C)Oc1c(C)cc(CN(CC(N)=O)Cc2nc(-c3ccc(F)cc3)oc2C)cc1C. The number of carbonyl (C=O) groups excluding carboxylic acids is 2. The first-order valence-corrected chi connectivity index (χ1v) is 12.1. The number of aromatic nitrogens is 1. The second-order valence-corrected chi connectivity index (χ2v) is 9.53. The maximum absolute atomic E-state index is 13.3. The van der Waals surface area contributed by atoms with Gasteiger partial charge in [-0.15, -0.1) is 0 Å². The molecule has 0 spiro atoms. The zero-order chi connectivity index (χ0) is 27.3. The van der Waals surface area contributed by atoms with E-state index < -0.39 is 17.5 Å². The van der Waals surface area contributed by atoms with Gasteiger partial charge in [0.15, 0.2) is 5.60 Å². The minimum absolute atomic E-state index is 0.0183. The molecule has 3 rings (SSSR count). The molecular weight excluding hydrogens is 477 g/mol. The Hall–Kier alpha value is -3.72. The lowest BCUT2D eigenvalue weighted by molar-refractivity contribution is -0.158. The molecule has 0 fully saturated rings. The van der Waals surface area contributed by atoms with Crippen LogP contribution in [0.1, 0.15) is 48.9 Å². The minimum Gasteiger partial charge on any atom is -0.476 e. The minimum atomic E-state index is -1.14. The van der Waals surface area contributed by atoms with Gasteiger partial charge in [0.25, 0.3) is 0 Å². The third-order valence-electron chi connectivity index (χ3n) is 5.79. The average Bonchev–Trinajstić information content (AvgIpc) is 3.16. The maximum Gasteiger partial charge on any atom is 0.349 e. The van der Waals surface area contributed by atoms with Gasteiger partial charge in [0.2, 0.25) is 11.8 Å². The Bertz CT molecular complexity index is 1240. The number of aryl methyl sites for hydroxylation is 3. The van der Waals surface area contributed by atoms with Crippen molar-refractivity contribution in [2.45, 2.75) is 60.2 Å². The highest BCUT2D eigenvalue weighted by Gasteiger charge is 2.32. The number of benzene rings is 2. The van der Waals surface area contributed by atoms with Crippen molar-refractivity contribution in [2.75, 3.05) is 13.2 Å². The van der Waals surface area contributed by atoms with Gasteiger partial charge in [-0.05, 0) is 82.5 Å². The van der Waals surface area contributed by atoms with Gasteiger partial charge in [0, 0.05) is 18.7 Å². The van der Waals surface area contributed by atoms with Crippen molar-refractivity contribution in [3.8, 4) is 17.2 Å². The normalized spacial score (nSPS) is 11.6. The Kier molecular flexibility index (Phi) is 8.70. The van der Waals surface area contributed by atoms with Crippen molar-refractivity contribution < 1.29 is 27.9 Å². The number of rotatable bonds is 11. The standard InChI is InChI=1S/C28H34FN3O5/c1-7-35-27(34)28(5,6)37-25-17(2)12-20(13-18(25)3)14-32(16-24(30)33)15-23-19(4)36-26(31-23)21-8-10-22(29)11-9-21/h8-13H,7,14-16H2,1-6H3,(H2,30,33). The average molecular weight is 512 g/mol. The van der Waals surface area contributed by atoms with Gasteiger partial charge in [-0.2, -0.15) is 0 Å². The molecule has 198 valence electrons. The highest BCUT2D eigenvalue weighted by molar-refractivity contribution is 5.79. The van der Waals surface area contributed by atoms with Crippen LogP contribution in [0.2, 0.25) is 0 Å².